The van der Waals surface area contributed by atoms with Gasteiger partial charge in [-0.25, -0.2) is 0 Å². The molecule has 0 aliphatic heterocycles. The minimum atomic E-state index is 1.07. The maximum absolute atomic E-state index is 3.18. The third-order valence-electron chi connectivity index (χ3n) is 1.60. The van der Waals surface area contributed by atoms with Crippen molar-refractivity contribution < 1.29 is 0 Å². The molecule has 0 heteroatoms. The Balaban J connectivity index is 2.54. The van der Waals surface area contributed by atoms with Gasteiger partial charge in [-0.2, -0.15) is 0 Å². The van der Waals surface area contributed by atoms with Gasteiger partial charge in [-0.15, -0.1) is 0 Å². The van der Waals surface area contributed by atoms with Crippen molar-refractivity contribution >= 4 is 0 Å². The molecule has 0 bridgehead atoms. The van der Waals surface area contributed by atoms with Gasteiger partial charge in [0.2, 0.25) is 0 Å². The van der Waals surface area contributed by atoms with Crippen molar-refractivity contribution in [1.29, 1.82) is 0 Å². The second-order valence-corrected chi connectivity index (χ2v) is 2.21. The Hall–Kier alpha value is -0.780. The maximum atomic E-state index is 3.18. The number of hydrogen-bond donors (Lipinski definition) is 0. The normalized spacial score (nSPS) is 15.6. The summed E-state index contributed by atoms with van der Waals surface area (Å²) in [5.41, 5.74) is 2.66. The van der Waals surface area contributed by atoms with Crippen molar-refractivity contribution in [2.24, 2.45) is 0 Å². The minimum absolute atomic E-state index is 1.07. The largest absolute Gasteiger partial charge is 0.0620 e. The Kier molecular flexibility index (Phi) is 1.05. The van der Waals surface area contributed by atoms with Gasteiger partial charge in [0.05, 0.1) is 0 Å². The van der Waals surface area contributed by atoms with Crippen LogP contribution in [0.4, 0.5) is 0 Å². The minimum Gasteiger partial charge on any atom is -0.0620 e. The lowest BCUT2D eigenvalue weighted by molar-refractivity contribution is 1.26. The lowest BCUT2D eigenvalue weighted by atomic mass is 10.1. The molecule has 3 radical (unpaired) electrons. The molecule has 0 saturated heterocycles. The van der Waals surface area contributed by atoms with Crippen LogP contribution in [0.25, 0.3) is 0 Å². The van der Waals surface area contributed by atoms with E-state index in [9.17, 15) is 0 Å². The molecule has 0 amide bonds. The zero-order valence-electron chi connectivity index (χ0n) is 5.09. The molecule has 0 N–H and O–H groups in total. The molecule has 1 aliphatic carbocycles. The van der Waals surface area contributed by atoms with Gasteiger partial charge in [-0.3, -0.25) is 0 Å². The second kappa shape index (κ2) is 1.87. The van der Waals surface area contributed by atoms with Gasteiger partial charge in [0.15, 0.2) is 0 Å². The van der Waals surface area contributed by atoms with Gasteiger partial charge in [-0.1, -0.05) is 24.3 Å². The number of hydrogen-bond acceptors (Lipinski definition) is 0. The predicted molar refractivity (Wildman–Crippen MR) is 36.8 cm³/mol. The summed E-state index contributed by atoms with van der Waals surface area (Å²) in [4.78, 5) is 0. The Bertz CT molecular complexity index is 190. The van der Waals surface area contributed by atoms with Crippen LogP contribution in [-0.2, 0) is 6.42 Å². The molecule has 0 aromatic heterocycles. The SMILES string of the molecule is [C]1[CH]Cc2ccccc21. The monoisotopic (exact) mass is 115 g/mol. The first-order chi connectivity index (χ1) is 4.47. The van der Waals surface area contributed by atoms with Crippen LogP contribution in [0, 0.1) is 12.8 Å². The quantitative estimate of drug-likeness (QED) is 0.484. The van der Waals surface area contributed by atoms with E-state index in [1.54, 1.807) is 0 Å². The van der Waals surface area contributed by atoms with Gasteiger partial charge < -0.3 is 0 Å². The molecule has 1 aromatic rings. The standard InChI is InChI=1S/C9H7/c1-2-5-9-7-3-6-8(9)4-1/h1-5H,6H2. The molecule has 43 valence electrons. The first kappa shape index (κ1) is 5.04. The highest BCUT2D eigenvalue weighted by atomic mass is 14.1. The molecule has 1 aliphatic rings. The van der Waals surface area contributed by atoms with Crippen molar-refractivity contribution in [1.82, 2.24) is 0 Å². The maximum Gasteiger partial charge on any atom is 0.0208 e. The lowest BCUT2D eigenvalue weighted by Gasteiger charge is -1.92. The van der Waals surface area contributed by atoms with Crippen molar-refractivity contribution in [3.05, 3.63) is 48.2 Å². The Labute approximate surface area is 55.5 Å². The molecule has 0 atom stereocenters. The summed E-state index contributed by atoms with van der Waals surface area (Å²) >= 11 is 0. The number of fused-ring (bicyclic) bond motifs is 1. The van der Waals surface area contributed by atoms with Crippen LogP contribution >= 0.6 is 0 Å². The fraction of sp³-hybridized carbons (Fsp3) is 0.111. The molecule has 0 spiro atoms. The molecule has 0 nitrogen and oxygen atoms in total. The summed E-state index contributed by atoms with van der Waals surface area (Å²) in [5, 5.41) is 0. The fourth-order valence-electron chi connectivity index (χ4n) is 1.11. The van der Waals surface area contributed by atoms with Gasteiger partial charge in [0.25, 0.3) is 0 Å². The highest BCUT2D eigenvalue weighted by Gasteiger charge is 2.08. The molecule has 9 heavy (non-hydrogen) atoms. The van der Waals surface area contributed by atoms with E-state index in [2.05, 4.69) is 31.0 Å². The Morgan fingerprint density at radius 3 is 3.00 bits per heavy atom. The van der Waals surface area contributed by atoms with E-state index in [1.807, 2.05) is 6.07 Å². The lowest BCUT2D eigenvalue weighted by Crippen LogP contribution is -1.76. The average Bonchev–Trinajstić information content (AvgIpc) is 2.33. The van der Waals surface area contributed by atoms with E-state index in [4.69, 9.17) is 0 Å². The predicted octanol–water partition coefficient (Wildman–Crippen LogP) is 1.88. The molecule has 0 heterocycles. The summed E-state index contributed by atoms with van der Waals surface area (Å²) in [6.07, 6.45) is 6.31. The third-order valence-corrected chi connectivity index (χ3v) is 1.60. The first-order valence-electron chi connectivity index (χ1n) is 3.13. The van der Waals surface area contributed by atoms with Gasteiger partial charge in [0, 0.05) is 6.42 Å². The van der Waals surface area contributed by atoms with E-state index >= 15 is 0 Å². The van der Waals surface area contributed by atoms with Crippen molar-refractivity contribution in [2.45, 2.75) is 6.42 Å². The van der Waals surface area contributed by atoms with Crippen molar-refractivity contribution in [3.63, 3.8) is 0 Å². The zero-order valence-corrected chi connectivity index (χ0v) is 5.09. The van der Waals surface area contributed by atoms with Gasteiger partial charge >= 0.3 is 0 Å². The second-order valence-electron chi connectivity index (χ2n) is 2.21. The van der Waals surface area contributed by atoms with Crippen LogP contribution in [0.15, 0.2) is 24.3 Å². The zero-order chi connectivity index (χ0) is 6.10. The molecule has 0 unspecified atom stereocenters. The van der Waals surface area contributed by atoms with Crippen LogP contribution in [0.5, 0.6) is 0 Å². The van der Waals surface area contributed by atoms with Crippen LogP contribution < -0.4 is 0 Å². The van der Waals surface area contributed by atoms with Crippen molar-refractivity contribution in [3.8, 4) is 0 Å². The highest BCUT2D eigenvalue weighted by Crippen LogP contribution is 2.21. The molecule has 1 aromatic carbocycles. The van der Waals surface area contributed by atoms with E-state index in [-0.39, 0.29) is 0 Å². The summed E-state index contributed by atoms with van der Waals surface area (Å²) < 4.78 is 0. The first-order valence-corrected chi connectivity index (χ1v) is 3.13. The molecular weight excluding hydrogens is 108 g/mol. The third kappa shape index (κ3) is 0.748. The Morgan fingerprint density at radius 2 is 2.11 bits per heavy atom. The van der Waals surface area contributed by atoms with Gasteiger partial charge in [0.1, 0.15) is 0 Å². The van der Waals surface area contributed by atoms with E-state index in [0.29, 0.717) is 0 Å². The summed E-state index contributed by atoms with van der Waals surface area (Å²) in [6, 6.07) is 8.36. The molecular formula is C9H7. The van der Waals surface area contributed by atoms with Crippen LogP contribution in [0.2, 0.25) is 0 Å². The average molecular weight is 115 g/mol. The number of benzene rings is 1. The highest BCUT2D eigenvalue weighted by molar-refractivity contribution is 5.41. The van der Waals surface area contributed by atoms with Crippen molar-refractivity contribution in [2.75, 3.05) is 0 Å². The van der Waals surface area contributed by atoms with E-state index in [0.717, 1.165) is 6.42 Å². The Morgan fingerprint density at radius 1 is 1.22 bits per heavy atom. The molecule has 0 saturated carbocycles. The van der Waals surface area contributed by atoms with E-state index < -0.39 is 0 Å². The number of rotatable bonds is 0. The molecule has 0 fully saturated rings. The van der Waals surface area contributed by atoms with Crippen LogP contribution in [-0.4, -0.2) is 0 Å². The topological polar surface area (TPSA) is 0 Å². The fourth-order valence-corrected chi connectivity index (χ4v) is 1.11. The van der Waals surface area contributed by atoms with E-state index in [1.165, 1.54) is 11.1 Å². The van der Waals surface area contributed by atoms with Crippen LogP contribution in [0.3, 0.4) is 0 Å². The summed E-state index contributed by atoms with van der Waals surface area (Å²) in [6.45, 7) is 0. The summed E-state index contributed by atoms with van der Waals surface area (Å²) in [7, 11) is 0. The summed E-state index contributed by atoms with van der Waals surface area (Å²) in [5.74, 6) is 0. The van der Waals surface area contributed by atoms with Crippen LogP contribution in [0.1, 0.15) is 11.1 Å². The smallest absolute Gasteiger partial charge is 0.0208 e. The molecule has 2 rings (SSSR count). The van der Waals surface area contributed by atoms with Gasteiger partial charge in [-0.05, 0) is 24.0 Å².